The minimum Gasteiger partial charge on any atom is -0.460 e. The molecule has 0 N–H and O–H groups in total. The molecule has 0 heterocycles. The number of esters is 1. The molecule has 0 rings (SSSR count). The van der Waals surface area contributed by atoms with E-state index in [2.05, 4.69) is 4.99 Å². The maximum atomic E-state index is 11.3. The van der Waals surface area contributed by atoms with Crippen LogP contribution in [0.25, 0.3) is 0 Å². The molecule has 0 atom stereocenters. The van der Waals surface area contributed by atoms with Gasteiger partial charge in [-0.05, 0) is 33.6 Å². The van der Waals surface area contributed by atoms with Gasteiger partial charge in [0.1, 0.15) is 5.60 Å². The number of hydrogen-bond donors (Lipinski definition) is 0. The van der Waals surface area contributed by atoms with E-state index in [1.54, 1.807) is 0 Å². The average molecular weight is 227 g/mol. The number of nitrogens with zero attached hydrogens (tertiary/aromatic N) is 1. The Morgan fingerprint density at radius 3 is 2.38 bits per heavy atom. The summed E-state index contributed by atoms with van der Waals surface area (Å²) in [5.41, 5.74) is -0.393. The van der Waals surface area contributed by atoms with Gasteiger partial charge in [0.2, 0.25) is 6.08 Å². The summed E-state index contributed by atoms with van der Waals surface area (Å²) in [7, 11) is 0. The van der Waals surface area contributed by atoms with Crippen LogP contribution in [0.3, 0.4) is 0 Å². The quantitative estimate of drug-likeness (QED) is 0.291. The molecule has 4 heteroatoms. The number of rotatable bonds is 7. The van der Waals surface area contributed by atoms with Crippen molar-refractivity contribution in [2.75, 3.05) is 6.54 Å². The number of hydrogen-bond acceptors (Lipinski definition) is 4. The van der Waals surface area contributed by atoms with Crippen LogP contribution in [0.2, 0.25) is 0 Å². The molecule has 0 radical (unpaired) electrons. The maximum Gasteiger partial charge on any atom is 0.306 e. The molecule has 0 aliphatic heterocycles. The predicted octanol–water partition coefficient (Wildman–Crippen LogP) is 2.61. The van der Waals surface area contributed by atoms with Gasteiger partial charge in [-0.1, -0.05) is 12.8 Å². The van der Waals surface area contributed by atoms with E-state index < -0.39 is 5.60 Å². The van der Waals surface area contributed by atoms with Crippen molar-refractivity contribution in [1.82, 2.24) is 0 Å². The Bertz CT molecular complexity index is 249. The normalized spacial score (nSPS) is 10.7. The van der Waals surface area contributed by atoms with Crippen LogP contribution in [0.1, 0.15) is 52.9 Å². The molecular weight excluding hydrogens is 206 g/mol. The van der Waals surface area contributed by atoms with Crippen molar-refractivity contribution < 1.29 is 14.3 Å². The Balaban J connectivity index is 3.38. The number of isocyanates is 1. The summed E-state index contributed by atoms with van der Waals surface area (Å²) in [6, 6.07) is 0. The van der Waals surface area contributed by atoms with Crippen LogP contribution in [0.5, 0.6) is 0 Å². The van der Waals surface area contributed by atoms with Crippen LogP contribution < -0.4 is 0 Å². The summed E-state index contributed by atoms with van der Waals surface area (Å²) < 4.78 is 5.17. The van der Waals surface area contributed by atoms with Gasteiger partial charge in [0.15, 0.2) is 0 Å². The van der Waals surface area contributed by atoms with E-state index in [4.69, 9.17) is 4.74 Å². The topological polar surface area (TPSA) is 55.7 Å². The third-order valence-corrected chi connectivity index (χ3v) is 1.89. The van der Waals surface area contributed by atoms with Gasteiger partial charge in [-0.15, -0.1) is 0 Å². The molecule has 0 saturated heterocycles. The van der Waals surface area contributed by atoms with Crippen LogP contribution in [0.15, 0.2) is 4.99 Å². The van der Waals surface area contributed by atoms with Crippen molar-refractivity contribution in [1.29, 1.82) is 0 Å². The molecule has 0 bridgehead atoms. The summed E-state index contributed by atoms with van der Waals surface area (Å²) in [4.78, 5) is 24.5. The smallest absolute Gasteiger partial charge is 0.306 e. The lowest BCUT2D eigenvalue weighted by Gasteiger charge is -2.19. The fourth-order valence-electron chi connectivity index (χ4n) is 1.25. The van der Waals surface area contributed by atoms with E-state index in [0.717, 1.165) is 25.7 Å². The Kier molecular flexibility index (Phi) is 7.48. The first-order valence-electron chi connectivity index (χ1n) is 5.71. The molecule has 0 fully saturated rings. The van der Waals surface area contributed by atoms with Gasteiger partial charge in [0.25, 0.3) is 0 Å². The Morgan fingerprint density at radius 2 is 1.81 bits per heavy atom. The molecule has 4 nitrogen and oxygen atoms in total. The predicted molar refractivity (Wildman–Crippen MR) is 61.9 cm³/mol. The molecular formula is C12H21NO3. The van der Waals surface area contributed by atoms with Gasteiger partial charge >= 0.3 is 5.97 Å². The lowest BCUT2D eigenvalue weighted by atomic mass is 10.1. The van der Waals surface area contributed by atoms with E-state index in [0.29, 0.717) is 13.0 Å². The Labute approximate surface area is 97.1 Å². The monoisotopic (exact) mass is 227 g/mol. The second kappa shape index (κ2) is 8.05. The fraction of sp³-hybridized carbons (Fsp3) is 0.833. The van der Waals surface area contributed by atoms with E-state index in [1.165, 1.54) is 6.08 Å². The standard InChI is InChI=1S/C12H21NO3/c1-12(2,3)16-11(15)8-6-4-5-7-9-13-10-14/h4-9H2,1-3H3. The first kappa shape index (κ1) is 14.8. The van der Waals surface area contributed by atoms with Crippen molar-refractivity contribution in [3.63, 3.8) is 0 Å². The third kappa shape index (κ3) is 10.9. The van der Waals surface area contributed by atoms with E-state index in [-0.39, 0.29) is 5.97 Å². The van der Waals surface area contributed by atoms with Gasteiger partial charge in [-0.3, -0.25) is 4.79 Å². The van der Waals surface area contributed by atoms with Crippen LogP contribution in [-0.2, 0) is 14.3 Å². The van der Waals surface area contributed by atoms with Crippen LogP contribution in [-0.4, -0.2) is 24.2 Å². The van der Waals surface area contributed by atoms with E-state index in [1.807, 2.05) is 20.8 Å². The molecule has 0 unspecified atom stereocenters. The third-order valence-electron chi connectivity index (χ3n) is 1.89. The summed E-state index contributed by atoms with van der Waals surface area (Å²) in [6.45, 7) is 6.13. The van der Waals surface area contributed by atoms with Crippen molar-refractivity contribution in [2.45, 2.75) is 58.5 Å². The molecule has 0 aliphatic rings. The molecule has 92 valence electrons. The summed E-state index contributed by atoms with van der Waals surface area (Å²) in [6.07, 6.45) is 5.63. The van der Waals surface area contributed by atoms with Gasteiger partial charge in [0.05, 0.1) is 6.54 Å². The molecule has 0 aromatic heterocycles. The molecule has 0 aliphatic carbocycles. The first-order chi connectivity index (χ1) is 7.45. The number of aliphatic imine (C=N–C) groups is 1. The zero-order valence-corrected chi connectivity index (χ0v) is 10.4. The van der Waals surface area contributed by atoms with Crippen molar-refractivity contribution in [3.8, 4) is 0 Å². The maximum absolute atomic E-state index is 11.3. The highest BCUT2D eigenvalue weighted by Crippen LogP contribution is 2.10. The molecule has 0 aromatic rings. The summed E-state index contributed by atoms with van der Waals surface area (Å²) >= 11 is 0. The number of ether oxygens (including phenoxy) is 1. The van der Waals surface area contributed by atoms with Crippen molar-refractivity contribution in [3.05, 3.63) is 0 Å². The number of carbonyl (C=O) groups excluding carboxylic acids is 2. The zero-order chi connectivity index (χ0) is 12.4. The molecule has 0 spiro atoms. The second-order valence-electron chi connectivity index (χ2n) is 4.72. The Hall–Kier alpha value is -1.15. The van der Waals surface area contributed by atoms with Gasteiger partial charge in [-0.2, -0.15) is 0 Å². The molecule has 0 saturated carbocycles. The molecule has 0 amide bonds. The van der Waals surface area contributed by atoms with Gasteiger partial charge < -0.3 is 4.74 Å². The average Bonchev–Trinajstić information content (AvgIpc) is 2.13. The van der Waals surface area contributed by atoms with Crippen molar-refractivity contribution >= 4 is 12.0 Å². The summed E-state index contributed by atoms with van der Waals surface area (Å²) in [5, 5.41) is 0. The highest BCUT2D eigenvalue weighted by molar-refractivity contribution is 5.69. The van der Waals surface area contributed by atoms with Crippen LogP contribution in [0, 0.1) is 0 Å². The SMILES string of the molecule is CC(C)(C)OC(=O)CCCCCCN=C=O. The highest BCUT2D eigenvalue weighted by Gasteiger charge is 2.15. The molecule has 0 aromatic carbocycles. The highest BCUT2D eigenvalue weighted by atomic mass is 16.6. The second-order valence-corrected chi connectivity index (χ2v) is 4.72. The lowest BCUT2D eigenvalue weighted by molar-refractivity contribution is -0.154. The van der Waals surface area contributed by atoms with Gasteiger partial charge in [-0.25, -0.2) is 9.79 Å². The van der Waals surface area contributed by atoms with E-state index >= 15 is 0 Å². The van der Waals surface area contributed by atoms with E-state index in [9.17, 15) is 9.59 Å². The summed E-state index contributed by atoms with van der Waals surface area (Å²) in [5.74, 6) is -0.140. The Morgan fingerprint density at radius 1 is 1.19 bits per heavy atom. The van der Waals surface area contributed by atoms with Crippen molar-refractivity contribution in [2.24, 2.45) is 4.99 Å². The van der Waals surface area contributed by atoms with Gasteiger partial charge in [0, 0.05) is 6.42 Å². The lowest BCUT2D eigenvalue weighted by Crippen LogP contribution is -2.23. The number of unbranched alkanes of at least 4 members (excludes halogenated alkanes) is 3. The fourth-order valence-corrected chi connectivity index (χ4v) is 1.25. The molecule has 16 heavy (non-hydrogen) atoms. The van der Waals surface area contributed by atoms with Crippen LogP contribution in [0.4, 0.5) is 0 Å². The minimum atomic E-state index is -0.393. The largest absolute Gasteiger partial charge is 0.460 e. The first-order valence-corrected chi connectivity index (χ1v) is 5.71. The number of carbonyl (C=O) groups is 1. The minimum absolute atomic E-state index is 0.140. The van der Waals surface area contributed by atoms with Crippen LogP contribution >= 0.6 is 0 Å². The zero-order valence-electron chi connectivity index (χ0n) is 10.4.